The quantitative estimate of drug-likeness (QED) is 0.774. The molecule has 1 aliphatic carbocycles. The average Bonchev–Trinajstić information content (AvgIpc) is 2.29. The molecule has 4 nitrogen and oxygen atoms in total. The van der Waals surface area contributed by atoms with E-state index in [0.29, 0.717) is 23.8 Å². The molecule has 0 radical (unpaired) electrons. The normalized spacial score (nSPS) is 33.3. The van der Waals surface area contributed by atoms with Crippen LogP contribution in [0.5, 0.6) is 5.88 Å². The number of piperidine rings is 2. The van der Waals surface area contributed by atoms with Crippen LogP contribution in [0.4, 0.5) is 0 Å². The molecule has 0 spiro atoms. The van der Waals surface area contributed by atoms with Crippen molar-refractivity contribution in [3.8, 4) is 5.88 Å². The van der Waals surface area contributed by atoms with Gasteiger partial charge in [0, 0.05) is 37.3 Å². The molecular weight excluding hydrogens is 190 g/mol. The van der Waals surface area contributed by atoms with Gasteiger partial charge >= 0.3 is 0 Å². The smallest absolute Gasteiger partial charge is 0.235 e. The molecule has 0 amide bonds. The van der Waals surface area contributed by atoms with Crippen molar-refractivity contribution in [2.24, 2.45) is 11.8 Å². The molecule has 1 saturated carbocycles. The van der Waals surface area contributed by atoms with Gasteiger partial charge in [-0.1, -0.05) is 0 Å². The molecule has 2 heterocycles. The van der Waals surface area contributed by atoms with Crippen LogP contribution in [0, 0.1) is 18.8 Å². The summed E-state index contributed by atoms with van der Waals surface area (Å²) in [6.07, 6.45) is 5.05. The number of rotatable bonds is 2. The zero-order valence-corrected chi connectivity index (χ0v) is 8.81. The van der Waals surface area contributed by atoms with Crippen molar-refractivity contribution in [1.29, 1.82) is 0 Å². The molecule has 2 bridgehead atoms. The highest BCUT2D eigenvalue weighted by Gasteiger charge is 2.45. The molecule has 3 atom stereocenters. The third kappa shape index (κ3) is 1.49. The monoisotopic (exact) mass is 205 g/mol. The Bertz CT molecular complexity index is 355. The molecule has 1 aromatic rings. The van der Waals surface area contributed by atoms with Gasteiger partial charge in [0.1, 0.15) is 6.10 Å². The highest BCUT2D eigenvalue weighted by atomic mass is 16.5. The van der Waals surface area contributed by atoms with Crippen LogP contribution in [0.25, 0.3) is 0 Å². The summed E-state index contributed by atoms with van der Waals surface area (Å²) in [5.41, 5.74) is 0.885. The van der Waals surface area contributed by atoms with Gasteiger partial charge in [0.25, 0.3) is 0 Å². The molecule has 0 aromatic carbocycles. The van der Waals surface area contributed by atoms with Crippen molar-refractivity contribution in [3.05, 3.63) is 18.1 Å². The maximum Gasteiger partial charge on any atom is 0.235 e. The Balaban J connectivity index is 1.73. The minimum absolute atomic E-state index is 0.363. The van der Waals surface area contributed by atoms with Gasteiger partial charge in [-0.05, 0) is 13.3 Å². The van der Waals surface area contributed by atoms with Crippen LogP contribution in [0.2, 0.25) is 0 Å². The second kappa shape index (κ2) is 3.45. The van der Waals surface area contributed by atoms with Gasteiger partial charge in [0.05, 0.1) is 5.69 Å². The van der Waals surface area contributed by atoms with Crippen molar-refractivity contribution in [2.75, 3.05) is 13.1 Å². The molecule has 80 valence electrons. The lowest BCUT2D eigenvalue weighted by atomic mass is 9.69. The summed E-state index contributed by atoms with van der Waals surface area (Å²) in [6, 6.07) is 0. The second-order valence-electron chi connectivity index (χ2n) is 4.44. The van der Waals surface area contributed by atoms with E-state index in [1.165, 1.54) is 6.42 Å². The van der Waals surface area contributed by atoms with E-state index in [1.807, 2.05) is 6.92 Å². The first kappa shape index (κ1) is 9.09. The molecule has 1 aromatic heterocycles. The summed E-state index contributed by atoms with van der Waals surface area (Å²) in [4.78, 5) is 8.40. The third-order valence-corrected chi connectivity index (χ3v) is 3.43. The number of nitrogens with one attached hydrogen (secondary N) is 1. The molecular formula is C11H15N3O. The van der Waals surface area contributed by atoms with E-state index in [1.54, 1.807) is 12.4 Å². The molecule has 1 saturated heterocycles. The van der Waals surface area contributed by atoms with Gasteiger partial charge in [-0.2, -0.15) is 0 Å². The predicted octanol–water partition coefficient (Wildman–Crippen LogP) is 0.772. The Morgan fingerprint density at radius 1 is 1.27 bits per heavy atom. The largest absolute Gasteiger partial charge is 0.472 e. The van der Waals surface area contributed by atoms with Crippen molar-refractivity contribution in [3.63, 3.8) is 0 Å². The van der Waals surface area contributed by atoms with E-state index in [4.69, 9.17) is 4.74 Å². The highest BCUT2D eigenvalue weighted by molar-refractivity contribution is 5.16. The molecule has 4 heteroatoms. The predicted molar refractivity (Wildman–Crippen MR) is 55.7 cm³/mol. The van der Waals surface area contributed by atoms with Crippen molar-refractivity contribution in [1.82, 2.24) is 15.3 Å². The summed E-state index contributed by atoms with van der Waals surface area (Å²) in [5.74, 6) is 2.05. The second-order valence-corrected chi connectivity index (χ2v) is 4.44. The van der Waals surface area contributed by atoms with Crippen molar-refractivity contribution in [2.45, 2.75) is 19.4 Å². The summed E-state index contributed by atoms with van der Waals surface area (Å²) in [5, 5.41) is 3.40. The number of hydrogen-bond donors (Lipinski definition) is 1. The number of aromatic nitrogens is 2. The van der Waals surface area contributed by atoms with E-state index in [-0.39, 0.29) is 0 Å². The Hall–Kier alpha value is -1.16. The topological polar surface area (TPSA) is 47.0 Å². The number of ether oxygens (including phenoxy) is 1. The van der Waals surface area contributed by atoms with Crippen LogP contribution >= 0.6 is 0 Å². The number of aryl methyl sites for hydroxylation is 1. The number of hydrogen-bond acceptors (Lipinski definition) is 4. The van der Waals surface area contributed by atoms with Crippen molar-refractivity contribution < 1.29 is 4.74 Å². The standard InChI is InChI=1S/C11H15N3O/c1-7-11(14-3-2-13-7)15-10-8-4-9(10)6-12-5-8/h2-3,8-10,12H,4-6H2,1H3/t8-,9+,10?. The van der Waals surface area contributed by atoms with Crippen LogP contribution in [0.1, 0.15) is 12.1 Å². The molecule has 1 N–H and O–H groups in total. The van der Waals surface area contributed by atoms with E-state index in [2.05, 4.69) is 15.3 Å². The van der Waals surface area contributed by atoms with Crippen molar-refractivity contribution >= 4 is 0 Å². The van der Waals surface area contributed by atoms with Gasteiger partial charge < -0.3 is 10.1 Å². The van der Waals surface area contributed by atoms with Gasteiger partial charge in [0.15, 0.2) is 0 Å². The van der Waals surface area contributed by atoms with E-state index in [0.717, 1.165) is 18.8 Å². The maximum atomic E-state index is 5.93. The summed E-state index contributed by atoms with van der Waals surface area (Å²) in [7, 11) is 0. The van der Waals surface area contributed by atoms with Crippen LogP contribution in [0.3, 0.4) is 0 Å². The fourth-order valence-corrected chi connectivity index (χ4v) is 2.53. The first-order valence-electron chi connectivity index (χ1n) is 5.49. The minimum Gasteiger partial charge on any atom is -0.472 e. The van der Waals surface area contributed by atoms with Crippen LogP contribution in [-0.2, 0) is 0 Å². The summed E-state index contributed by atoms with van der Waals surface area (Å²) in [6.45, 7) is 4.11. The van der Waals surface area contributed by atoms with Gasteiger partial charge in [0.2, 0.25) is 5.88 Å². The number of nitrogens with zero attached hydrogens (tertiary/aromatic N) is 2. The lowest BCUT2D eigenvalue weighted by Crippen LogP contribution is -2.59. The first-order chi connectivity index (χ1) is 7.34. The Kier molecular flexibility index (Phi) is 2.09. The Morgan fingerprint density at radius 2 is 2.00 bits per heavy atom. The first-order valence-corrected chi connectivity index (χ1v) is 5.49. The summed E-state index contributed by atoms with van der Waals surface area (Å²) >= 11 is 0. The maximum absolute atomic E-state index is 5.93. The van der Waals surface area contributed by atoms with Crippen LogP contribution < -0.4 is 10.1 Å². The van der Waals surface area contributed by atoms with E-state index >= 15 is 0 Å². The fraction of sp³-hybridized carbons (Fsp3) is 0.636. The van der Waals surface area contributed by atoms with E-state index < -0.39 is 0 Å². The molecule has 1 aliphatic heterocycles. The van der Waals surface area contributed by atoms with Crippen LogP contribution in [0.15, 0.2) is 12.4 Å². The Labute approximate surface area is 89.1 Å². The molecule has 3 rings (SSSR count). The molecule has 2 aliphatic rings. The zero-order chi connectivity index (χ0) is 10.3. The summed E-state index contributed by atoms with van der Waals surface area (Å²) < 4.78 is 5.93. The highest BCUT2D eigenvalue weighted by Crippen LogP contribution is 2.39. The number of fused-ring (bicyclic) bond motifs is 2. The minimum atomic E-state index is 0.363. The van der Waals surface area contributed by atoms with E-state index in [9.17, 15) is 0 Å². The van der Waals surface area contributed by atoms with Gasteiger partial charge in [-0.25, -0.2) is 4.98 Å². The third-order valence-electron chi connectivity index (χ3n) is 3.43. The molecule has 15 heavy (non-hydrogen) atoms. The fourth-order valence-electron chi connectivity index (χ4n) is 2.53. The van der Waals surface area contributed by atoms with Gasteiger partial charge in [-0.15, -0.1) is 0 Å². The Morgan fingerprint density at radius 3 is 2.67 bits per heavy atom. The zero-order valence-electron chi connectivity index (χ0n) is 8.81. The molecule has 1 unspecified atom stereocenters. The SMILES string of the molecule is Cc1nccnc1OC1[C@@H]2CNC[C@H]1C2. The lowest BCUT2D eigenvalue weighted by Gasteiger charge is -2.48. The van der Waals surface area contributed by atoms with Crippen LogP contribution in [-0.4, -0.2) is 29.2 Å². The lowest BCUT2D eigenvalue weighted by molar-refractivity contribution is -0.0476. The molecule has 2 fully saturated rings. The van der Waals surface area contributed by atoms with Gasteiger partial charge in [-0.3, -0.25) is 4.98 Å². The average molecular weight is 205 g/mol.